The van der Waals surface area contributed by atoms with Crippen LogP contribution in [-0.2, 0) is 16.8 Å². The van der Waals surface area contributed by atoms with E-state index < -0.39 is 16.2 Å². The first kappa shape index (κ1) is 19.8. The van der Waals surface area contributed by atoms with Crippen LogP contribution in [0.4, 0.5) is 0 Å². The molecule has 0 saturated carbocycles. The van der Waals surface area contributed by atoms with Gasteiger partial charge in [0.25, 0.3) is 10.2 Å². The molecule has 0 aliphatic carbocycles. The molecule has 1 aromatic carbocycles. The number of benzene rings is 1. The summed E-state index contributed by atoms with van der Waals surface area (Å²) in [5.41, 5.74) is 1.28. The first-order valence-corrected chi connectivity index (χ1v) is 9.78. The molecule has 25 heavy (non-hydrogen) atoms. The molecule has 1 heterocycles. The summed E-state index contributed by atoms with van der Waals surface area (Å²) in [5, 5.41) is 8.96. The number of nitrogens with zero attached hydrogens (tertiary/aromatic N) is 2. The molecule has 1 aliphatic rings. The Morgan fingerprint density at radius 2 is 1.88 bits per heavy atom. The maximum atomic E-state index is 12.2. The fourth-order valence-electron chi connectivity index (χ4n) is 3.15. The molecule has 1 aliphatic heterocycles. The fraction of sp³-hybridized carbons (Fsp3) is 0.588. The highest BCUT2D eigenvalue weighted by atomic mass is 32.2. The molecular weight excluding hydrogens is 342 g/mol. The van der Waals surface area contributed by atoms with Gasteiger partial charge in [-0.15, -0.1) is 0 Å². The Bertz CT molecular complexity index is 701. The van der Waals surface area contributed by atoms with E-state index in [2.05, 4.69) is 23.5 Å². The summed E-state index contributed by atoms with van der Waals surface area (Å²) in [7, 11) is -0.433. The van der Waals surface area contributed by atoms with Gasteiger partial charge >= 0.3 is 5.97 Å². The van der Waals surface area contributed by atoms with Crippen LogP contribution in [-0.4, -0.2) is 61.9 Å². The van der Waals surface area contributed by atoms with E-state index in [0.717, 1.165) is 12.1 Å². The highest BCUT2D eigenvalue weighted by molar-refractivity contribution is 7.87. The molecule has 0 bridgehead atoms. The molecular formula is C17H27N3O4S. The Labute approximate surface area is 149 Å². The molecule has 2 N–H and O–H groups in total. The van der Waals surface area contributed by atoms with Crippen molar-refractivity contribution in [3.63, 3.8) is 0 Å². The van der Waals surface area contributed by atoms with Crippen molar-refractivity contribution in [1.82, 2.24) is 13.9 Å². The van der Waals surface area contributed by atoms with Crippen molar-refractivity contribution in [2.45, 2.75) is 26.4 Å². The normalized spacial score (nSPS) is 22.0. The van der Waals surface area contributed by atoms with Crippen LogP contribution in [0.25, 0.3) is 0 Å². The average Bonchev–Trinajstić information content (AvgIpc) is 2.89. The van der Waals surface area contributed by atoms with E-state index in [9.17, 15) is 13.2 Å². The minimum Gasteiger partial charge on any atom is -0.478 e. The van der Waals surface area contributed by atoms with E-state index in [1.165, 1.54) is 18.4 Å². The van der Waals surface area contributed by atoms with E-state index in [4.69, 9.17) is 5.11 Å². The number of carbonyl (C=O) groups is 1. The molecule has 140 valence electrons. The number of hydrogen-bond acceptors (Lipinski definition) is 4. The van der Waals surface area contributed by atoms with Crippen molar-refractivity contribution >= 4 is 16.2 Å². The molecule has 0 spiro atoms. The number of carboxylic acids is 1. The van der Waals surface area contributed by atoms with Gasteiger partial charge in [0.2, 0.25) is 0 Å². The molecule has 8 heteroatoms. The largest absolute Gasteiger partial charge is 0.478 e. The first-order valence-electron chi connectivity index (χ1n) is 8.34. The summed E-state index contributed by atoms with van der Waals surface area (Å²) >= 11 is 0. The van der Waals surface area contributed by atoms with E-state index in [1.807, 2.05) is 12.1 Å². The zero-order valence-electron chi connectivity index (χ0n) is 15.1. The van der Waals surface area contributed by atoms with Crippen LogP contribution in [0.3, 0.4) is 0 Å². The molecule has 0 radical (unpaired) electrons. The van der Waals surface area contributed by atoms with Crippen molar-refractivity contribution < 1.29 is 18.3 Å². The second kappa shape index (κ2) is 7.82. The number of rotatable bonds is 7. The van der Waals surface area contributed by atoms with E-state index in [1.54, 1.807) is 12.1 Å². The number of likely N-dealkylation sites (tertiary alicyclic amines) is 1. The summed E-state index contributed by atoms with van der Waals surface area (Å²) in [4.78, 5) is 13.1. The quantitative estimate of drug-likeness (QED) is 0.755. The van der Waals surface area contributed by atoms with E-state index in [0.29, 0.717) is 19.0 Å². The lowest BCUT2D eigenvalue weighted by Crippen LogP contribution is -2.46. The van der Waals surface area contributed by atoms with Gasteiger partial charge in [0.05, 0.1) is 5.56 Å². The minimum absolute atomic E-state index is 0.134. The summed E-state index contributed by atoms with van der Waals surface area (Å²) < 4.78 is 28.3. The lowest BCUT2D eigenvalue weighted by atomic mass is 9.92. The molecule has 1 aromatic rings. The van der Waals surface area contributed by atoms with Gasteiger partial charge in [-0.05, 0) is 29.5 Å². The van der Waals surface area contributed by atoms with Gasteiger partial charge in [0, 0.05) is 39.8 Å². The van der Waals surface area contributed by atoms with Crippen LogP contribution in [0.15, 0.2) is 24.3 Å². The van der Waals surface area contributed by atoms with Gasteiger partial charge in [-0.25, -0.2) is 4.79 Å². The second-order valence-corrected chi connectivity index (χ2v) is 9.03. The number of nitrogens with one attached hydrogen (secondary N) is 1. The second-order valence-electron chi connectivity index (χ2n) is 7.12. The van der Waals surface area contributed by atoms with Crippen molar-refractivity contribution in [3.05, 3.63) is 35.4 Å². The Hall–Kier alpha value is -1.48. The number of hydrogen-bond donors (Lipinski definition) is 2. The van der Waals surface area contributed by atoms with Crippen molar-refractivity contribution in [2.75, 3.05) is 27.2 Å². The fourth-order valence-corrected chi connectivity index (χ4v) is 3.99. The van der Waals surface area contributed by atoms with Crippen molar-refractivity contribution in [1.29, 1.82) is 0 Å². The monoisotopic (exact) mass is 369 g/mol. The zero-order valence-corrected chi connectivity index (χ0v) is 16.0. The van der Waals surface area contributed by atoms with Gasteiger partial charge in [-0.1, -0.05) is 26.0 Å². The first-order chi connectivity index (χ1) is 11.6. The third kappa shape index (κ3) is 5.01. The maximum absolute atomic E-state index is 12.2. The highest BCUT2D eigenvalue weighted by Gasteiger charge is 2.37. The van der Waals surface area contributed by atoms with Crippen LogP contribution < -0.4 is 4.72 Å². The predicted molar refractivity (Wildman–Crippen MR) is 96.5 cm³/mol. The van der Waals surface area contributed by atoms with Gasteiger partial charge in [-0.3, -0.25) is 4.90 Å². The highest BCUT2D eigenvalue weighted by Crippen LogP contribution is 2.26. The van der Waals surface area contributed by atoms with Crippen LogP contribution in [0.1, 0.15) is 29.8 Å². The van der Waals surface area contributed by atoms with Crippen LogP contribution in [0, 0.1) is 11.8 Å². The van der Waals surface area contributed by atoms with Gasteiger partial charge < -0.3 is 5.11 Å². The predicted octanol–water partition coefficient (Wildman–Crippen LogP) is 1.24. The van der Waals surface area contributed by atoms with Crippen molar-refractivity contribution in [3.8, 4) is 0 Å². The minimum atomic E-state index is -3.47. The number of carboxylic acid groups (broad SMARTS) is 1. The number of aromatic carboxylic acids is 1. The van der Waals surface area contributed by atoms with Crippen LogP contribution in [0.5, 0.6) is 0 Å². The third-order valence-corrected chi connectivity index (χ3v) is 6.25. The third-order valence-electron chi connectivity index (χ3n) is 4.69. The molecule has 7 nitrogen and oxygen atoms in total. The van der Waals surface area contributed by atoms with E-state index >= 15 is 0 Å². The van der Waals surface area contributed by atoms with Gasteiger partial charge in [0.1, 0.15) is 0 Å². The standard InChI is InChI=1S/C17H27N3O4S/c1-12(2)15-10-20(11-16(15)18-25(23,24)19(3)4)9-13-5-7-14(8-6-13)17(21)22/h5-8,12,15-16,18H,9-11H2,1-4H3,(H,21,22)/t15-,16+/m0/s1. The summed E-state index contributed by atoms with van der Waals surface area (Å²) in [6.45, 7) is 6.32. The average molecular weight is 369 g/mol. The Balaban J connectivity index is 2.07. The summed E-state index contributed by atoms with van der Waals surface area (Å²) in [6, 6.07) is 6.68. The van der Waals surface area contributed by atoms with Gasteiger partial charge in [0.15, 0.2) is 0 Å². The summed E-state index contributed by atoms with van der Waals surface area (Å²) in [5.74, 6) is -0.354. The Morgan fingerprint density at radius 1 is 1.28 bits per heavy atom. The van der Waals surface area contributed by atoms with Gasteiger partial charge in [-0.2, -0.15) is 17.4 Å². The lowest BCUT2D eigenvalue weighted by molar-refractivity contribution is 0.0697. The molecule has 1 fully saturated rings. The Morgan fingerprint density at radius 3 is 2.36 bits per heavy atom. The summed E-state index contributed by atoms with van der Waals surface area (Å²) in [6.07, 6.45) is 0. The lowest BCUT2D eigenvalue weighted by Gasteiger charge is -2.24. The van der Waals surface area contributed by atoms with E-state index in [-0.39, 0.29) is 17.5 Å². The Kier molecular flexibility index (Phi) is 6.21. The topological polar surface area (TPSA) is 90.0 Å². The molecule has 0 aromatic heterocycles. The molecule has 0 unspecified atom stereocenters. The maximum Gasteiger partial charge on any atom is 0.335 e. The molecule has 1 saturated heterocycles. The molecule has 2 rings (SSSR count). The SMILES string of the molecule is CC(C)[C@@H]1CN(Cc2ccc(C(=O)O)cc2)C[C@H]1NS(=O)(=O)N(C)C. The zero-order chi connectivity index (χ0) is 18.8. The van der Waals surface area contributed by atoms with Crippen LogP contribution >= 0.6 is 0 Å². The smallest absolute Gasteiger partial charge is 0.335 e. The van der Waals surface area contributed by atoms with Crippen LogP contribution in [0.2, 0.25) is 0 Å². The molecule has 2 atom stereocenters. The molecule has 0 amide bonds. The van der Waals surface area contributed by atoms with Crippen molar-refractivity contribution in [2.24, 2.45) is 11.8 Å².